The third-order valence-corrected chi connectivity index (χ3v) is 5.44. The highest BCUT2D eigenvalue weighted by atomic mass is 16.2. The molecule has 1 amide bonds. The maximum atomic E-state index is 12.6. The molecule has 1 aliphatic rings. The van der Waals surface area contributed by atoms with Gasteiger partial charge in [0.2, 0.25) is 0 Å². The first-order valence-electron chi connectivity index (χ1n) is 9.70. The third kappa shape index (κ3) is 3.37. The van der Waals surface area contributed by atoms with Crippen molar-refractivity contribution in [3.8, 4) is 0 Å². The van der Waals surface area contributed by atoms with Gasteiger partial charge in [0, 0.05) is 29.8 Å². The van der Waals surface area contributed by atoms with Crippen LogP contribution in [0.4, 0.5) is 5.82 Å². The number of aryl methyl sites for hydroxylation is 1. The lowest BCUT2D eigenvalue weighted by molar-refractivity contribution is 0.102. The Morgan fingerprint density at radius 2 is 2.00 bits per heavy atom. The number of hydrogen-bond acceptors (Lipinski definition) is 4. The minimum atomic E-state index is -0.698. The molecule has 2 heterocycles. The summed E-state index contributed by atoms with van der Waals surface area (Å²) >= 11 is 0. The maximum absolute atomic E-state index is 12.6. The standard InChI is InChI=1S/C20H23N5O3/c1-2-25-16-9-8-13(10-15(16)21-19(27)20(25)28)18(26)22-17-11-14(23-24-17)12-6-4-3-5-7-12/h8-12H,2-7H2,1H3,(H,21,27)(H2,22,23,24,26). The summed E-state index contributed by atoms with van der Waals surface area (Å²) in [5.74, 6) is 0.639. The van der Waals surface area contributed by atoms with Crippen molar-refractivity contribution in [2.24, 2.45) is 0 Å². The Labute approximate surface area is 161 Å². The van der Waals surface area contributed by atoms with E-state index in [0.29, 0.717) is 34.9 Å². The number of carbonyl (C=O) groups excluding carboxylic acids is 1. The number of fused-ring (bicyclic) bond motifs is 1. The second-order valence-corrected chi connectivity index (χ2v) is 7.23. The van der Waals surface area contributed by atoms with Gasteiger partial charge in [0.05, 0.1) is 11.0 Å². The van der Waals surface area contributed by atoms with Crippen LogP contribution < -0.4 is 16.4 Å². The highest BCUT2D eigenvalue weighted by Gasteiger charge is 2.18. The predicted octanol–water partition coefficient (Wildman–Crippen LogP) is 2.73. The number of rotatable bonds is 4. The number of aromatic nitrogens is 4. The first-order chi connectivity index (χ1) is 13.6. The van der Waals surface area contributed by atoms with Crippen LogP contribution in [0.25, 0.3) is 11.0 Å². The number of hydrogen-bond donors (Lipinski definition) is 3. The number of carbonyl (C=O) groups is 1. The third-order valence-electron chi connectivity index (χ3n) is 5.44. The van der Waals surface area contributed by atoms with Crippen LogP contribution in [0.1, 0.15) is 61.0 Å². The molecule has 1 aliphatic carbocycles. The molecule has 146 valence electrons. The Balaban J connectivity index is 1.57. The molecule has 0 saturated heterocycles. The molecule has 0 atom stereocenters. The second kappa shape index (κ2) is 7.46. The molecular weight excluding hydrogens is 358 g/mol. The molecule has 1 fully saturated rings. The van der Waals surface area contributed by atoms with Crippen molar-refractivity contribution < 1.29 is 4.79 Å². The normalized spacial score (nSPS) is 15.0. The number of benzene rings is 1. The summed E-state index contributed by atoms with van der Waals surface area (Å²) in [7, 11) is 0. The van der Waals surface area contributed by atoms with Crippen LogP contribution in [-0.2, 0) is 6.54 Å². The van der Waals surface area contributed by atoms with Crippen LogP contribution >= 0.6 is 0 Å². The molecule has 0 radical (unpaired) electrons. The van der Waals surface area contributed by atoms with E-state index in [0.717, 1.165) is 18.5 Å². The van der Waals surface area contributed by atoms with Gasteiger partial charge in [-0.05, 0) is 38.0 Å². The average molecular weight is 381 g/mol. The molecule has 0 spiro atoms. The number of aromatic amines is 2. The molecule has 2 aromatic heterocycles. The van der Waals surface area contributed by atoms with Gasteiger partial charge in [0.1, 0.15) is 0 Å². The number of nitrogens with one attached hydrogen (secondary N) is 3. The quantitative estimate of drug-likeness (QED) is 0.603. The van der Waals surface area contributed by atoms with Gasteiger partial charge in [-0.2, -0.15) is 5.10 Å². The van der Waals surface area contributed by atoms with Crippen LogP contribution in [0.3, 0.4) is 0 Å². The van der Waals surface area contributed by atoms with Crippen molar-refractivity contribution in [1.29, 1.82) is 0 Å². The zero-order valence-electron chi connectivity index (χ0n) is 15.7. The number of anilines is 1. The highest BCUT2D eigenvalue weighted by molar-refractivity contribution is 6.05. The maximum Gasteiger partial charge on any atom is 0.316 e. The van der Waals surface area contributed by atoms with Crippen LogP contribution in [0.5, 0.6) is 0 Å². The smallest absolute Gasteiger partial charge is 0.316 e. The zero-order valence-corrected chi connectivity index (χ0v) is 15.7. The lowest BCUT2D eigenvalue weighted by atomic mass is 9.87. The van der Waals surface area contributed by atoms with E-state index < -0.39 is 11.1 Å². The van der Waals surface area contributed by atoms with Crippen LogP contribution in [-0.4, -0.2) is 25.7 Å². The van der Waals surface area contributed by atoms with Gasteiger partial charge >= 0.3 is 11.1 Å². The van der Waals surface area contributed by atoms with Crippen molar-refractivity contribution >= 4 is 22.8 Å². The molecule has 1 saturated carbocycles. The molecule has 3 aromatic rings. The molecule has 0 unspecified atom stereocenters. The van der Waals surface area contributed by atoms with Crippen molar-refractivity contribution in [1.82, 2.24) is 19.7 Å². The van der Waals surface area contributed by atoms with Gasteiger partial charge in [0.15, 0.2) is 5.82 Å². The summed E-state index contributed by atoms with van der Waals surface area (Å²) in [6, 6.07) is 6.78. The van der Waals surface area contributed by atoms with Gasteiger partial charge in [-0.1, -0.05) is 19.3 Å². The van der Waals surface area contributed by atoms with Gasteiger partial charge < -0.3 is 14.9 Å². The molecule has 28 heavy (non-hydrogen) atoms. The molecule has 1 aromatic carbocycles. The largest absolute Gasteiger partial charge is 0.316 e. The molecular formula is C20H23N5O3. The van der Waals surface area contributed by atoms with E-state index in [9.17, 15) is 14.4 Å². The SMILES string of the molecule is CCn1c(=O)c(=O)[nH]c2cc(C(=O)Nc3cc(C4CCCCC4)[nH]n3)ccc21. The van der Waals surface area contributed by atoms with Crippen molar-refractivity contribution in [2.45, 2.75) is 51.5 Å². The lowest BCUT2D eigenvalue weighted by Crippen LogP contribution is -2.36. The van der Waals surface area contributed by atoms with Crippen molar-refractivity contribution in [2.75, 3.05) is 5.32 Å². The number of nitrogens with zero attached hydrogens (tertiary/aromatic N) is 2. The molecule has 0 bridgehead atoms. The topological polar surface area (TPSA) is 113 Å². The van der Waals surface area contributed by atoms with Crippen LogP contribution in [0.2, 0.25) is 0 Å². The van der Waals surface area contributed by atoms with E-state index in [1.807, 2.05) is 6.07 Å². The number of amides is 1. The summed E-state index contributed by atoms with van der Waals surface area (Å²) < 4.78 is 1.39. The first-order valence-corrected chi connectivity index (χ1v) is 9.70. The Morgan fingerprint density at radius 3 is 2.75 bits per heavy atom. The average Bonchev–Trinajstić information content (AvgIpc) is 3.18. The molecule has 8 nitrogen and oxygen atoms in total. The Kier molecular flexibility index (Phi) is 4.85. The molecule has 4 rings (SSSR count). The van der Waals surface area contributed by atoms with E-state index in [4.69, 9.17) is 0 Å². The Bertz CT molecular complexity index is 1130. The second-order valence-electron chi connectivity index (χ2n) is 7.23. The van der Waals surface area contributed by atoms with Crippen LogP contribution in [0.15, 0.2) is 33.9 Å². The minimum Gasteiger partial charge on any atom is -0.316 e. The predicted molar refractivity (Wildman–Crippen MR) is 107 cm³/mol. The summed E-state index contributed by atoms with van der Waals surface area (Å²) in [4.78, 5) is 38.9. The van der Waals surface area contributed by atoms with Crippen molar-refractivity contribution in [3.63, 3.8) is 0 Å². The Morgan fingerprint density at radius 1 is 1.21 bits per heavy atom. The lowest BCUT2D eigenvalue weighted by Gasteiger charge is -2.19. The van der Waals surface area contributed by atoms with Gasteiger partial charge in [-0.25, -0.2) is 0 Å². The van der Waals surface area contributed by atoms with Crippen molar-refractivity contribution in [3.05, 3.63) is 56.2 Å². The van der Waals surface area contributed by atoms with E-state index in [1.165, 1.54) is 23.8 Å². The van der Waals surface area contributed by atoms with E-state index >= 15 is 0 Å². The minimum absolute atomic E-state index is 0.321. The van der Waals surface area contributed by atoms with Gasteiger partial charge in [-0.15, -0.1) is 0 Å². The van der Waals surface area contributed by atoms with E-state index in [2.05, 4.69) is 20.5 Å². The summed E-state index contributed by atoms with van der Waals surface area (Å²) in [6.07, 6.45) is 6.02. The highest BCUT2D eigenvalue weighted by Crippen LogP contribution is 2.32. The Hall–Kier alpha value is -3.16. The fraction of sp³-hybridized carbons (Fsp3) is 0.400. The molecule has 3 N–H and O–H groups in total. The van der Waals surface area contributed by atoms with Gasteiger partial charge in [-0.3, -0.25) is 19.5 Å². The molecule has 0 aliphatic heterocycles. The first kappa shape index (κ1) is 18.2. The fourth-order valence-electron chi connectivity index (χ4n) is 3.95. The summed E-state index contributed by atoms with van der Waals surface area (Å²) in [5, 5.41) is 10.0. The van der Waals surface area contributed by atoms with E-state index in [1.54, 1.807) is 25.1 Å². The fourth-order valence-corrected chi connectivity index (χ4v) is 3.95. The monoisotopic (exact) mass is 381 g/mol. The van der Waals surface area contributed by atoms with Crippen LogP contribution in [0, 0.1) is 0 Å². The summed E-state index contributed by atoms with van der Waals surface area (Å²) in [6.45, 7) is 2.17. The van der Waals surface area contributed by atoms with E-state index in [-0.39, 0.29) is 5.91 Å². The summed E-state index contributed by atoms with van der Waals surface area (Å²) in [5.41, 5.74) is 1.18. The number of H-pyrrole nitrogens is 2. The zero-order chi connectivity index (χ0) is 19.7. The molecule has 8 heteroatoms. The van der Waals surface area contributed by atoms with Gasteiger partial charge in [0.25, 0.3) is 5.91 Å².